The van der Waals surface area contributed by atoms with Gasteiger partial charge in [0, 0.05) is 10.1 Å². The zero-order chi connectivity index (χ0) is 17.9. The van der Waals surface area contributed by atoms with Crippen LogP contribution in [0.3, 0.4) is 0 Å². The molecule has 0 unspecified atom stereocenters. The SMILES string of the molecule is FC(F)(F)c1cccc(C(Br)=C(c2ccccc2)c2ccccc2)c1. The molecule has 4 heteroatoms. The quantitative estimate of drug-likeness (QED) is 0.413. The van der Waals surface area contributed by atoms with E-state index in [4.69, 9.17) is 0 Å². The van der Waals surface area contributed by atoms with Gasteiger partial charge in [-0.1, -0.05) is 72.8 Å². The molecular weight excluding hydrogens is 389 g/mol. The molecule has 126 valence electrons. The van der Waals surface area contributed by atoms with E-state index in [9.17, 15) is 13.2 Å². The molecule has 0 atom stereocenters. The van der Waals surface area contributed by atoms with Crippen molar-refractivity contribution in [2.24, 2.45) is 0 Å². The average molecular weight is 403 g/mol. The van der Waals surface area contributed by atoms with Gasteiger partial charge in [-0.25, -0.2) is 0 Å². The minimum absolute atomic E-state index is 0.484. The first kappa shape index (κ1) is 17.5. The summed E-state index contributed by atoms with van der Waals surface area (Å²) in [4.78, 5) is 0. The van der Waals surface area contributed by atoms with Gasteiger partial charge >= 0.3 is 6.18 Å². The summed E-state index contributed by atoms with van der Waals surface area (Å²) in [7, 11) is 0. The highest BCUT2D eigenvalue weighted by atomic mass is 79.9. The Bertz CT molecular complexity index is 840. The molecule has 3 aromatic rings. The predicted molar refractivity (Wildman–Crippen MR) is 99.2 cm³/mol. The van der Waals surface area contributed by atoms with Crippen LogP contribution in [0.4, 0.5) is 13.2 Å². The zero-order valence-corrected chi connectivity index (χ0v) is 14.7. The van der Waals surface area contributed by atoms with Crippen LogP contribution in [0.15, 0.2) is 84.9 Å². The van der Waals surface area contributed by atoms with Gasteiger partial charge in [-0.2, -0.15) is 13.2 Å². The molecule has 0 aromatic heterocycles. The van der Waals surface area contributed by atoms with Crippen molar-refractivity contribution in [3.63, 3.8) is 0 Å². The van der Waals surface area contributed by atoms with E-state index in [2.05, 4.69) is 15.9 Å². The van der Waals surface area contributed by atoms with Crippen LogP contribution in [0, 0.1) is 0 Å². The summed E-state index contributed by atoms with van der Waals surface area (Å²) in [6.07, 6.45) is -4.37. The molecule has 0 saturated heterocycles. The van der Waals surface area contributed by atoms with Crippen molar-refractivity contribution in [2.45, 2.75) is 6.18 Å². The maximum absolute atomic E-state index is 13.0. The molecule has 0 heterocycles. The third-order valence-electron chi connectivity index (χ3n) is 3.79. The van der Waals surface area contributed by atoms with Crippen molar-refractivity contribution in [1.29, 1.82) is 0 Å². The largest absolute Gasteiger partial charge is 0.416 e. The number of hydrogen-bond donors (Lipinski definition) is 0. The molecule has 0 saturated carbocycles. The van der Waals surface area contributed by atoms with Crippen LogP contribution in [0.25, 0.3) is 10.1 Å². The lowest BCUT2D eigenvalue weighted by molar-refractivity contribution is -0.137. The average Bonchev–Trinajstić information content (AvgIpc) is 2.63. The monoisotopic (exact) mass is 402 g/mol. The highest BCUT2D eigenvalue weighted by molar-refractivity contribution is 9.15. The number of rotatable bonds is 3. The summed E-state index contributed by atoms with van der Waals surface area (Å²) in [5.74, 6) is 0. The second-order valence-electron chi connectivity index (χ2n) is 5.50. The van der Waals surface area contributed by atoms with E-state index in [1.165, 1.54) is 6.07 Å². The summed E-state index contributed by atoms with van der Waals surface area (Å²) in [6.45, 7) is 0. The Labute approximate surface area is 152 Å². The second kappa shape index (κ2) is 7.28. The van der Waals surface area contributed by atoms with Gasteiger partial charge < -0.3 is 0 Å². The Morgan fingerprint density at radius 1 is 0.640 bits per heavy atom. The van der Waals surface area contributed by atoms with Gasteiger partial charge in [-0.3, -0.25) is 0 Å². The highest BCUT2D eigenvalue weighted by Gasteiger charge is 2.30. The molecule has 3 rings (SSSR count). The van der Waals surface area contributed by atoms with Crippen molar-refractivity contribution < 1.29 is 13.2 Å². The molecule has 0 bridgehead atoms. The minimum Gasteiger partial charge on any atom is -0.166 e. The van der Waals surface area contributed by atoms with E-state index in [0.29, 0.717) is 10.0 Å². The first-order chi connectivity index (χ1) is 12.0. The fraction of sp³-hybridized carbons (Fsp3) is 0.0476. The lowest BCUT2D eigenvalue weighted by Crippen LogP contribution is -2.05. The molecular formula is C21H14BrF3. The van der Waals surface area contributed by atoms with E-state index >= 15 is 0 Å². The minimum atomic E-state index is -4.37. The Morgan fingerprint density at radius 3 is 1.60 bits per heavy atom. The van der Waals surface area contributed by atoms with Crippen molar-refractivity contribution >= 4 is 26.0 Å². The smallest absolute Gasteiger partial charge is 0.166 e. The maximum atomic E-state index is 13.0. The number of hydrogen-bond acceptors (Lipinski definition) is 0. The summed E-state index contributed by atoms with van der Waals surface area (Å²) < 4.78 is 39.8. The van der Waals surface area contributed by atoms with Crippen LogP contribution in [0.2, 0.25) is 0 Å². The van der Waals surface area contributed by atoms with Crippen LogP contribution in [-0.2, 0) is 6.18 Å². The Balaban J connectivity index is 2.21. The first-order valence-corrected chi connectivity index (χ1v) is 8.44. The molecule has 0 N–H and O–H groups in total. The van der Waals surface area contributed by atoms with Crippen molar-refractivity contribution in [3.05, 3.63) is 107 Å². The van der Waals surface area contributed by atoms with Crippen LogP contribution < -0.4 is 0 Å². The fourth-order valence-corrected chi connectivity index (χ4v) is 3.31. The van der Waals surface area contributed by atoms with Crippen LogP contribution in [0.5, 0.6) is 0 Å². The fourth-order valence-electron chi connectivity index (χ4n) is 2.61. The van der Waals surface area contributed by atoms with Crippen molar-refractivity contribution in [1.82, 2.24) is 0 Å². The van der Waals surface area contributed by atoms with E-state index < -0.39 is 11.7 Å². The lowest BCUT2D eigenvalue weighted by atomic mass is 9.95. The Morgan fingerprint density at radius 2 is 1.12 bits per heavy atom. The summed E-state index contributed by atoms with van der Waals surface area (Å²) in [5.41, 5.74) is 2.52. The van der Waals surface area contributed by atoms with Gasteiger partial charge in [0.1, 0.15) is 0 Å². The molecule has 0 spiro atoms. The van der Waals surface area contributed by atoms with Gasteiger partial charge in [0.25, 0.3) is 0 Å². The van der Waals surface area contributed by atoms with E-state index in [-0.39, 0.29) is 0 Å². The summed E-state index contributed by atoms with van der Waals surface area (Å²) >= 11 is 3.54. The third-order valence-corrected chi connectivity index (χ3v) is 4.64. The molecule has 25 heavy (non-hydrogen) atoms. The van der Waals surface area contributed by atoms with Gasteiger partial charge in [-0.05, 0) is 44.8 Å². The normalized spacial score (nSPS) is 11.2. The van der Waals surface area contributed by atoms with Gasteiger partial charge in [-0.15, -0.1) is 0 Å². The van der Waals surface area contributed by atoms with Gasteiger partial charge in [0.2, 0.25) is 0 Å². The number of halogens is 4. The van der Waals surface area contributed by atoms with Gasteiger partial charge in [0.15, 0.2) is 0 Å². The molecule has 3 aromatic carbocycles. The van der Waals surface area contributed by atoms with Crippen LogP contribution in [-0.4, -0.2) is 0 Å². The third kappa shape index (κ3) is 4.02. The van der Waals surface area contributed by atoms with Crippen LogP contribution in [0.1, 0.15) is 22.3 Å². The highest BCUT2D eigenvalue weighted by Crippen LogP contribution is 2.38. The van der Waals surface area contributed by atoms with Crippen molar-refractivity contribution in [2.75, 3.05) is 0 Å². The summed E-state index contributed by atoms with van der Waals surface area (Å²) in [6, 6.07) is 24.5. The maximum Gasteiger partial charge on any atom is 0.416 e. The van der Waals surface area contributed by atoms with E-state index in [1.54, 1.807) is 6.07 Å². The van der Waals surface area contributed by atoms with Gasteiger partial charge in [0.05, 0.1) is 5.56 Å². The van der Waals surface area contributed by atoms with E-state index in [1.807, 2.05) is 60.7 Å². The lowest BCUT2D eigenvalue weighted by Gasteiger charge is -2.14. The Kier molecular flexibility index (Phi) is 5.09. The second-order valence-corrected chi connectivity index (χ2v) is 6.29. The standard InChI is InChI=1S/C21H14BrF3/c22-20(17-12-7-13-18(14-17)21(23,24)25)19(15-8-3-1-4-9-15)16-10-5-2-6-11-16/h1-14H. The molecule has 0 aliphatic rings. The molecule has 0 amide bonds. The molecule has 0 radical (unpaired) electrons. The van der Waals surface area contributed by atoms with E-state index in [0.717, 1.165) is 28.8 Å². The number of alkyl halides is 3. The zero-order valence-electron chi connectivity index (χ0n) is 13.1. The van der Waals surface area contributed by atoms with Crippen LogP contribution >= 0.6 is 15.9 Å². The topological polar surface area (TPSA) is 0 Å². The molecule has 0 aliphatic heterocycles. The summed E-state index contributed by atoms with van der Waals surface area (Å²) in [5, 5.41) is 0. The molecule has 0 nitrogen and oxygen atoms in total. The Hall–Kier alpha value is -2.33. The molecule has 0 fully saturated rings. The molecule has 0 aliphatic carbocycles. The number of benzene rings is 3. The van der Waals surface area contributed by atoms with Crippen molar-refractivity contribution in [3.8, 4) is 0 Å². The predicted octanol–water partition coefficient (Wildman–Crippen LogP) is 7.02. The first-order valence-electron chi connectivity index (χ1n) is 7.65.